The van der Waals surface area contributed by atoms with E-state index in [0.29, 0.717) is 25.1 Å². The zero-order valence-electron chi connectivity index (χ0n) is 10.2. The topological polar surface area (TPSA) is 52.6 Å². The minimum Gasteiger partial charge on any atom is -0.391 e. The minimum atomic E-state index is -0.373. The van der Waals surface area contributed by atoms with Gasteiger partial charge in [0.15, 0.2) is 0 Å². The Morgan fingerprint density at radius 1 is 1.53 bits per heavy atom. The Morgan fingerprint density at radius 3 is 2.88 bits per heavy atom. The molecular weight excluding hydrogens is 216 g/mol. The van der Waals surface area contributed by atoms with E-state index >= 15 is 0 Å². The summed E-state index contributed by atoms with van der Waals surface area (Å²) in [6.45, 7) is 3.07. The Morgan fingerprint density at radius 2 is 2.29 bits per heavy atom. The minimum absolute atomic E-state index is 0.00843. The Kier molecular flexibility index (Phi) is 3.33. The van der Waals surface area contributed by atoms with Gasteiger partial charge in [0.1, 0.15) is 0 Å². The molecule has 1 unspecified atom stereocenters. The quantitative estimate of drug-likeness (QED) is 0.809. The highest BCUT2D eigenvalue weighted by molar-refractivity contribution is 5.99. The number of carbonyl (C=O) groups excluding carboxylic acids is 1. The lowest BCUT2D eigenvalue weighted by atomic mass is 10.1. The fourth-order valence-corrected chi connectivity index (χ4v) is 2.15. The number of amides is 1. The van der Waals surface area contributed by atoms with Crippen LogP contribution in [0.5, 0.6) is 0 Å². The standard InChI is InChI=1S/C13H18N2O2/c1-9-3-4-11(12(7-9)14-2)13(17)15-6-5-10(16)8-15/h3-4,7,10,14,16H,5-6,8H2,1-2H3. The Bertz CT molecular complexity index is 431. The molecule has 1 atom stereocenters. The smallest absolute Gasteiger partial charge is 0.256 e. The van der Waals surface area contributed by atoms with Crippen LogP contribution in [-0.2, 0) is 0 Å². The van der Waals surface area contributed by atoms with Crippen LogP contribution < -0.4 is 5.32 Å². The summed E-state index contributed by atoms with van der Waals surface area (Å²) in [6.07, 6.45) is 0.300. The average molecular weight is 234 g/mol. The molecule has 0 aliphatic carbocycles. The van der Waals surface area contributed by atoms with Gasteiger partial charge in [0, 0.05) is 25.8 Å². The number of benzene rings is 1. The van der Waals surface area contributed by atoms with Gasteiger partial charge in [-0.15, -0.1) is 0 Å². The molecule has 4 nitrogen and oxygen atoms in total. The third-order valence-corrected chi connectivity index (χ3v) is 3.13. The normalized spacial score (nSPS) is 19.5. The van der Waals surface area contributed by atoms with Gasteiger partial charge in [-0.1, -0.05) is 6.07 Å². The van der Waals surface area contributed by atoms with Gasteiger partial charge in [-0.2, -0.15) is 0 Å². The Hall–Kier alpha value is -1.55. The molecule has 1 fully saturated rings. The van der Waals surface area contributed by atoms with E-state index in [9.17, 15) is 9.90 Å². The van der Waals surface area contributed by atoms with Crippen molar-refractivity contribution in [3.63, 3.8) is 0 Å². The molecule has 0 radical (unpaired) electrons. The molecular formula is C13H18N2O2. The molecule has 2 rings (SSSR count). The van der Waals surface area contributed by atoms with E-state index in [0.717, 1.165) is 11.3 Å². The number of carbonyl (C=O) groups is 1. The molecule has 1 aliphatic rings. The second-order valence-electron chi connectivity index (χ2n) is 4.49. The van der Waals surface area contributed by atoms with E-state index in [-0.39, 0.29) is 12.0 Å². The predicted octanol–water partition coefficient (Wildman–Crippen LogP) is 1.24. The number of likely N-dealkylation sites (tertiary alicyclic amines) is 1. The van der Waals surface area contributed by atoms with Crippen LogP contribution >= 0.6 is 0 Å². The maximum atomic E-state index is 12.3. The van der Waals surface area contributed by atoms with E-state index < -0.39 is 0 Å². The molecule has 0 aromatic heterocycles. The zero-order valence-corrected chi connectivity index (χ0v) is 10.2. The number of anilines is 1. The van der Waals surface area contributed by atoms with Gasteiger partial charge in [-0.05, 0) is 31.0 Å². The van der Waals surface area contributed by atoms with Gasteiger partial charge >= 0.3 is 0 Å². The van der Waals surface area contributed by atoms with E-state index in [2.05, 4.69) is 5.32 Å². The lowest BCUT2D eigenvalue weighted by Gasteiger charge is -2.18. The van der Waals surface area contributed by atoms with E-state index in [1.165, 1.54) is 0 Å². The third kappa shape index (κ3) is 2.42. The summed E-state index contributed by atoms with van der Waals surface area (Å²) in [6, 6.07) is 5.73. The highest BCUT2D eigenvalue weighted by Gasteiger charge is 2.26. The molecule has 1 aliphatic heterocycles. The summed E-state index contributed by atoms with van der Waals surface area (Å²) in [4.78, 5) is 14.0. The highest BCUT2D eigenvalue weighted by Crippen LogP contribution is 2.21. The molecule has 1 saturated heterocycles. The maximum Gasteiger partial charge on any atom is 0.256 e. The molecule has 4 heteroatoms. The molecule has 17 heavy (non-hydrogen) atoms. The van der Waals surface area contributed by atoms with Crippen molar-refractivity contribution >= 4 is 11.6 Å². The molecule has 1 amide bonds. The second-order valence-corrected chi connectivity index (χ2v) is 4.49. The van der Waals surface area contributed by atoms with Crippen LogP contribution in [0.2, 0.25) is 0 Å². The fourth-order valence-electron chi connectivity index (χ4n) is 2.15. The SMILES string of the molecule is CNc1cc(C)ccc1C(=O)N1CCC(O)C1. The summed E-state index contributed by atoms with van der Waals surface area (Å²) in [5, 5.41) is 12.5. The van der Waals surface area contributed by atoms with Crippen LogP contribution in [0.4, 0.5) is 5.69 Å². The van der Waals surface area contributed by atoms with Crippen LogP contribution in [0, 0.1) is 6.92 Å². The molecule has 2 N–H and O–H groups in total. The molecule has 1 aromatic carbocycles. The van der Waals surface area contributed by atoms with Gasteiger partial charge in [0.25, 0.3) is 5.91 Å². The summed E-state index contributed by atoms with van der Waals surface area (Å²) in [5.41, 5.74) is 2.64. The van der Waals surface area contributed by atoms with Gasteiger partial charge in [-0.3, -0.25) is 4.79 Å². The summed E-state index contributed by atoms with van der Waals surface area (Å²) >= 11 is 0. The number of aliphatic hydroxyl groups excluding tert-OH is 1. The summed E-state index contributed by atoms with van der Waals surface area (Å²) < 4.78 is 0. The van der Waals surface area contributed by atoms with Gasteiger partial charge in [0.05, 0.1) is 11.7 Å². The van der Waals surface area contributed by atoms with Gasteiger partial charge in [-0.25, -0.2) is 0 Å². The van der Waals surface area contributed by atoms with Crippen LogP contribution in [0.3, 0.4) is 0 Å². The fraction of sp³-hybridized carbons (Fsp3) is 0.462. The van der Waals surface area contributed by atoms with Gasteiger partial charge in [0.2, 0.25) is 0 Å². The number of rotatable bonds is 2. The van der Waals surface area contributed by atoms with Gasteiger partial charge < -0.3 is 15.3 Å². The number of aliphatic hydroxyl groups is 1. The monoisotopic (exact) mass is 234 g/mol. The van der Waals surface area contributed by atoms with Crippen LogP contribution in [0.25, 0.3) is 0 Å². The first kappa shape index (κ1) is 11.9. The van der Waals surface area contributed by atoms with Crippen LogP contribution in [0.15, 0.2) is 18.2 Å². The third-order valence-electron chi connectivity index (χ3n) is 3.13. The van der Waals surface area contributed by atoms with E-state index in [1.807, 2.05) is 32.2 Å². The zero-order chi connectivity index (χ0) is 12.4. The molecule has 0 saturated carbocycles. The number of hydrogen-bond donors (Lipinski definition) is 2. The molecule has 92 valence electrons. The van der Waals surface area contributed by atoms with Crippen LogP contribution in [-0.4, -0.2) is 42.2 Å². The number of hydrogen-bond acceptors (Lipinski definition) is 3. The first-order valence-corrected chi connectivity index (χ1v) is 5.87. The van der Waals surface area contributed by atoms with Crippen molar-refractivity contribution in [2.24, 2.45) is 0 Å². The first-order chi connectivity index (χ1) is 8.11. The summed E-state index contributed by atoms with van der Waals surface area (Å²) in [5.74, 6) is -0.00843. The number of nitrogens with zero attached hydrogens (tertiary/aromatic N) is 1. The second kappa shape index (κ2) is 4.75. The van der Waals surface area contributed by atoms with E-state index in [4.69, 9.17) is 0 Å². The maximum absolute atomic E-state index is 12.3. The average Bonchev–Trinajstić information content (AvgIpc) is 2.75. The van der Waals surface area contributed by atoms with Crippen molar-refractivity contribution < 1.29 is 9.90 Å². The number of aryl methyl sites for hydroxylation is 1. The van der Waals surface area contributed by atoms with Crippen molar-refractivity contribution in [3.05, 3.63) is 29.3 Å². The molecule has 1 aromatic rings. The van der Waals surface area contributed by atoms with Crippen molar-refractivity contribution in [2.75, 3.05) is 25.5 Å². The predicted molar refractivity (Wildman–Crippen MR) is 67.3 cm³/mol. The Labute approximate surface area is 101 Å². The molecule has 1 heterocycles. The number of nitrogens with one attached hydrogen (secondary N) is 1. The lowest BCUT2D eigenvalue weighted by molar-refractivity contribution is 0.0766. The Balaban J connectivity index is 2.24. The summed E-state index contributed by atoms with van der Waals surface area (Å²) in [7, 11) is 1.81. The number of β-amino-alcohol motifs (C(OH)–C–C–N with tert-alkyl or cyclic N) is 1. The largest absolute Gasteiger partial charge is 0.391 e. The highest BCUT2D eigenvalue weighted by atomic mass is 16.3. The molecule has 0 bridgehead atoms. The van der Waals surface area contributed by atoms with Crippen molar-refractivity contribution in [2.45, 2.75) is 19.4 Å². The van der Waals surface area contributed by atoms with E-state index in [1.54, 1.807) is 4.90 Å². The van der Waals surface area contributed by atoms with Crippen molar-refractivity contribution in [1.29, 1.82) is 0 Å². The molecule has 0 spiro atoms. The first-order valence-electron chi connectivity index (χ1n) is 5.87. The van der Waals surface area contributed by atoms with Crippen molar-refractivity contribution in [1.82, 2.24) is 4.90 Å². The van der Waals surface area contributed by atoms with Crippen LogP contribution in [0.1, 0.15) is 22.3 Å². The van der Waals surface area contributed by atoms with Crippen molar-refractivity contribution in [3.8, 4) is 0 Å². The lowest BCUT2D eigenvalue weighted by Crippen LogP contribution is -2.30.